The molecule has 0 saturated carbocycles. The molecule has 0 aliphatic rings. The van der Waals surface area contributed by atoms with E-state index in [-0.39, 0.29) is 5.97 Å². The maximum atomic E-state index is 11.7. The van der Waals surface area contributed by atoms with Gasteiger partial charge >= 0.3 is 5.97 Å². The Morgan fingerprint density at radius 2 is 2.31 bits per heavy atom. The van der Waals surface area contributed by atoms with E-state index in [0.29, 0.717) is 29.5 Å². The molecule has 16 heavy (non-hydrogen) atoms. The summed E-state index contributed by atoms with van der Waals surface area (Å²) in [6, 6.07) is 7.55. The van der Waals surface area contributed by atoms with E-state index in [4.69, 9.17) is 10.00 Å². The molecule has 1 rings (SSSR count). The van der Waals surface area contributed by atoms with Gasteiger partial charge in [0.1, 0.15) is 0 Å². The topological polar surface area (TPSA) is 50.1 Å². The average Bonchev–Trinajstić information content (AvgIpc) is 2.26. The van der Waals surface area contributed by atoms with Crippen molar-refractivity contribution in [3.8, 4) is 6.07 Å². The van der Waals surface area contributed by atoms with Gasteiger partial charge in [0.15, 0.2) is 0 Å². The molecule has 0 radical (unpaired) electrons. The zero-order valence-corrected chi connectivity index (χ0v) is 10.6. The zero-order chi connectivity index (χ0) is 12.0. The average molecular weight is 282 g/mol. The smallest absolute Gasteiger partial charge is 0.339 e. The molecule has 0 aliphatic carbocycles. The fourth-order valence-corrected chi connectivity index (χ4v) is 1.97. The van der Waals surface area contributed by atoms with Gasteiger partial charge in [0.25, 0.3) is 0 Å². The second-order valence-electron chi connectivity index (χ2n) is 3.15. The maximum Gasteiger partial charge on any atom is 0.339 e. The van der Waals surface area contributed by atoms with Crippen LogP contribution < -0.4 is 0 Å². The lowest BCUT2D eigenvalue weighted by molar-refractivity contribution is 0.0524. The van der Waals surface area contributed by atoms with E-state index in [1.807, 2.05) is 12.1 Å². The van der Waals surface area contributed by atoms with Crippen LogP contribution in [0.5, 0.6) is 0 Å². The van der Waals surface area contributed by atoms with E-state index in [1.165, 1.54) is 0 Å². The van der Waals surface area contributed by atoms with Gasteiger partial charge in [-0.3, -0.25) is 0 Å². The maximum absolute atomic E-state index is 11.7. The molecule has 0 unspecified atom stereocenters. The number of carbonyl (C=O) groups excluding carboxylic acids is 1. The molecular formula is C12H12BrNO2. The molecule has 0 aromatic heterocycles. The van der Waals surface area contributed by atoms with Gasteiger partial charge in [0.2, 0.25) is 0 Å². The molecule has 0 spiro atoms. The third-order valence-corrected chi connectivity index (χ3v) is 2.75. The molecule has 84 valence electrons. The SMILES string of the molecule is CCOC(=O)c1c(Br)cccc1CCC#N. The number of ether oxygens (including phenoxy) is 1. The van der Waals surface area contributed by atoms with Gasteiger partial charge in [-0.25, -0.2) is 4.79 Å². The molecule has 4 heteroatoms. The van der Waals surface area contributed by atoms with Crippen LogP contribution in [0.3, 0.4) is 0 Å². The number of esters is 1. The number of carbonyl (C=O) groups is 1. The summed E-state index contributed by atoms with van der Waals surface area (Å²) >= 11 is 3.33. The van der Waals surface area contributed by atoms with Gasteiger partial charge in [-0.05, 0) is 40.9 Å². The van der Waals surface area contributed by atoms with Crippen LogP contribution in [0.1, 0.15) is 29.3 Å². The van der Waals surface area contributed by atoms with Crippen molar-refractivity contribution in [3.63, 3.8) is 0 Å². The first-order chi connectivity index (χ1) is 7.70. The summed E-state index contributed by atoms with van der Waals surface area (Å²) in [5.41, 5.74) is 1.37. The van der Waals surface area contributed by atoms with E-state index in [2.05, 4.69) is 22.0 Å². The Morgan fingerprint density at radius 1 is 1.56 bits per heavy atom. The first-order valence-corrected chi connectivity index (χ1v) is 5.81. The first kappa shape index (κ1) is 12.7. The van der Waals surface area contributed by atoms with E-state index >= 15 is 0 Å². The van der Waals surface area contributed by atoms with Crippen LogP contribution in [0.25, 0.3) is 0 Å². The minimum atomic E-state index is -0.345. The molecule has 0 aliphatic heterocycles. The lowest BCUT2D eigenvalue weighted by Crippen LogP contribution is -2.09. The van der Waals surface area contributed by atoms with Crippen LogP contribution in [-0.2, 0) is 11.2 Å². The van der Waals surface area contributed by atoms with Crippen molar-refractivity contribution >= 4 is 21.9 Å². The number of halogens is 1. The Kier molecular flexibility index (Phi) is 5.00. The summed E-state index contributed by atoms with van der Waals surface area (Å²) in [6.45, 7) is 2.11. The number of hydrogen-bond acceptors (Lipinski definition) is 3. The Hall–Kier alpha value is -1.34. The van der Waals surface area contributed by atoms with E-state index in [0.717, 1.165) is 5.56 Å². The fourth-order valence-electron chi connectivity index (χ4n) is 1.40. The Labute approximate surface area is 103 Å². The summed E-state index contributed by atoms with van der Waals surface area (Å²) in [4.78, 5) is 11.7. The Bertz CT molecular complexity index is 424. The third-order valence-electron chi connectivity index (χ3n) is 2.09. The van der Waals surface area contributed by atoms with Gasteiger partial charge < -0.3 is 4.74 Å². The number of rotatable bonds is 4. The second kappa shape index (κ2) is 6.29. The molecule has 1 aromatic carbocycles. The number of hydrogen-bond donors (Lipinski definition) is 0. The van der Waals surface area contributed by atoms with Crippen molar-refractivity contribution in [2.75, 3.05) is 6.61 Å². The van der Waals surface area contributed by atoms with Crippen LogP contribution in [-0.4, -0.2) is 12.6 Å². The molecule has 0 N–H and O–H groups in total. The molecule has 0 bridgehead atoms. The molecule has 0 saturated heterocycles. The van der Waals surface area contributed by atoms with Gasteiger partial charge in [-0.15, -0.1) is 0 Å². The Balaban J connectivity index is 3.03. The van der Waals surface area contributed by atoms with Gasteiger partial charge in [-0.1, -0.05) is 12.1 Å². The summed E-state index contributed by atoms with van der Waals surface area (Å²) in [7, 11) is 0. The first-order valence-electron chi connectivity index (χ1n) is 5.02. The van der Waals surface area contributed by atoms with Crippen LogP contribution in [0.2, 0.25) is 0 Å². The largest absolute Gasteiger partial charge is 0.462 e. The molecule has 0 fully saturated rings. The van der Waals surface area contributed by atoms with Gasteiger partial charge in [0, 0.05) is 10.9 Å². The number of benzene rings is 1. The number of nitrogens with zero attached hydrogens (tertiary/aromatic N) is 1. The van der Waals surface area contributed by atoms with Crippen molar-refractivity contribution in [2.45, 2.75) is 19.8 Å². The minimum Gasteiger partial charge on any atom is -0.462 e. The number of nitriles is 1. The third kappa shape index (κ3) is 3.07. The van der Waals surface area contributed by atoms with Gasteiger partial charge in [-0.2, -0.15) is 5.26 Å². The minimum absolute atomic E-state index is 0.345. The highest BCUT2D eigenvalue weighted by atomic mass is 79.9. The van der Waals surface area contributed by atoms with Crippen LogP contribution >= 0.6 is 15.9 Å². The molecule has 3 nitrogen and oxygen atoms in total. The highest BCUT2D eigenvalue weighted by molar-refractivity contribution is 9.10. The zero-order valence-electron chi connectivity index (χ0n) is 9.00. The molecule has 0 atom stereocenters. The number of aryl methyl sites for hydroxylation is 1. The summed E-state index contributed by atoms with van der Waals surface area (Å²) < 4.78 is 5.69. The fraction of sp³-hybridized carbons (Fsp3) is 0.333. The Morgan fingerprint density at radius 3 is 2.94 bits per heavy atom. The van der Waals surface area contributed by atoms with Crippen molar-refractivity contribution in [2.24, 2.45) is 0 Å². The van der Waals surface area contributed by atoms with Crippen LogP contribution in [0, 0.1) is 11.3 Å². The lowest BCUT2D eigenvalue weighted by atomic mass is 10.0. The second-order valence-corrected chi connectivity index (χ2v) is 4.01. The normalized spacial score (nSPS) is 9.56. The van der Waals surface area contributed by atoms with Gasteiger partial charge in [0.05, 0.1) is 18.2 Å². The van der Waals surface area contributed by atoms with Crippen molar-refractivity contribution in [3.05, 3.63) is 33.8 Å². The summed E-state index contributed by atoms with van der Waals surface area (Å²) in [5.74, 6) is -0.345. The van der Waals surface area contributed by atoms with E-state index in [1.54, 1.807) is 13.0 Å². The lowest BCUT2D eigenvalue weighted by Gasteiger charge is -2.09. The predicted octanol–water partition coefficient (Wildman–Crippen LogP) is 3.08. The predicted molar refractivity (Wildman–Crippen MR) is 64.0 cm³/mol. The van der Waals surface area contributed by atoms with Crippen molar-refractivity contribution < 1.29 is 9.53 Å². The monoisotopic (exact) mass is 281 g/mol. The van der Waals surface area contributed by atoms with E-state index < -0.39 is 0 Å². The molecule has 1 aromatic rings. The highest BCUT2D eigenvalue weighted by Crippen LogP contribution is 2.22. The van der Waals surface area contributed by atoms with Crippen molar-refractivity contribution in [1.29, 1.82) is 5.26 Å². The van der Waals surface area contributed by atoms with E-state index in [9.17, 15) is 4.79 Å². The molecular weight excluding hydrogens is 270 g/mol. The summed E-state index contributed by atoms with van der Waals surface area (Å²) in [5, 5.41) is 8.55. The summed E-state index contributed by atoms with van der Waals surface area (Å²) in [6.07, 6.45) is 0.951. The van der Waals surface area contributed by atoms with Crippen molar-refractivity contribution in [1.82, 2.24) is 0 Å². The standard InChI is InChI=1S/C12H12BrNO2/c1-2-16-12(15)11-9(6-4-8-14)5-3-7-10(11)13/h3,5,7H,2,4,6H2,1H3. The molecule has 0 heterocycles. The van der Waals surface area contributed by atoms with Crippen LogP contribution in [0.4, 0.5) is 0 Å². The van der Waals surface area contributed by atoms with Crippen LogP contribution in [0.15, 0.2) is 22.7 Å². The highest BCUT2D eigenvalue weighted by Gasteiger charge is 2.15. The molecule has 0 amide bonds. The quantitative estimate of drug-likeness (QED) is 0.797.